The number of hydrogen-bond donors (Lipinski definition) is 0. The molecule has 8 heteroatoms. The highest BCUT2D eigenvalue weighted by molar-refractivity contribution is 5.68. The predicted octanol–water partition coefficient (Wildman–Crippen LogP) is 1.61. The lowest BCUT2D eigenvalue weighted by Gasteiger charge is -2.04. The molecule has 3 atom stereocenters. The molecule has 0 saturated heterocycles. The maximum Gasteiger partial charge on any atom is 0.280 e. The van der Waals surface area contributed by atoms with Crippen molar-refractivity contribution in [2.75, 3.05) is 0 Å². The third-order valence-corrected chi connectivity index (χ3v) is 5.83. The van der Waals surface area contributed by atoms with E-state index in [-0.39, 0.29) is 12.1 Å². The summed E-state index contributed by atoms with van der Waals surface area (Å²) >= 11 is 0. The summed E-state index contributed by atoms with van der Waals surface area (Å²) in [5.41, 5.74) is 3.59. The molecule has 0 unspecified atom stereocenters. The van der Waals surface area contributed by atoms with Crippen LogP contribution in [0.2, 0.25) is 0 Å². The first-order valence-corrected chi connectivity index (χ1v) is 8.97. The van der Waals surface area contributed by atoms with Gasteiger partial charge in [-0.1, -0.05) is 29.4 Å². The van der Waals surface area contributed by atoms with Crippen molar-refractivity contribution in [1.82, 2.24) is 29.2 Å². The quantitative estimate of drug-likeness (QED) is 0.551. The highest BCUT2D eigenvalue weighted by Crippen LogP contribution is 2.65. The SMILES string of the molecule is Cn1cnc2ncn(Cc3nc([C@H]4[C@@H]5Cc6ccccc6[C@@H]54)no3)c(=O)c21. The molecule has 3 heterocycles. The highest BCUT2D eigenvalue weighted by atomic mass is 16.5. The first-order chi connectivity index (χ1) is 13.2. The van der Waals surface area contributed by atoms with Gasteiger partial charge in [0.2, 0.25) is 5.89 Å². The van der Waals surface area contributed by atoms with E-state index >= 15 is 0 Å². The maximum absolute atomic E-state index is 12.6. The van der Waals surface area contributed by atoms with Gasteiger partial charge >= 0.3 is 0 Å². The molecule has 1 saturated carbocycles. The molecule has 2 aliphatic carbocycles. The summed E-state index contributed by atoms with van der Waals surface area (Å²) in [5, 5.41) is 4.19. The van der Waals surface area contributed by atoms with E-state index in [1.807, 2.05) is 0 Å². The molecule has 0 aliphatic heterocycles. The van der Waals surface area contributed by atoms with Gasteiger partial charge in [-0.2, -0.15) is 4.98 Å². The summed E-state index contributed by atoms with van der Waals surface area (Å²) < 4.78 is 8.58. The van der Waals surface area contributed by atoms with Gasteiger partial charge in [-0.05, 0) is 29.4 Å². The van der Waals surface area contributed by atoms with Crippen molar-refractivity contribution in [2.24, 2.45) is 13.0 Å². The fraction of sp³-hybridized carbons (Fsp3) is 0.316. The van der Waals surface area contributed by atoms with Gasteiger partial charge in [0, 0.05) is 13.0 Å². The number of aryl methyl sites for hydroxylation is 1. The molecule has 2 aliphatic rings. The zero-order valence-corrected chi connectivity index (χ0v) is 14.6. The van der Waals surface area contributed by atoms with Crippen molar-refractivity contribution in [3.8, 4) is 0 Å². The molecule has 0 bridgehead atoms. The Bertz CT molecular complexity index is 1250. The molecule has 0 N–H and O–H groups in total. The first kappa shape index (κ1) is 14.8. The molecule has 27 heavy (non-hydrogen) atoms. The average Bonchev–Trinajstić information content (AvgIpc) is 3.03. The molecule has 8 nitrogen and oxygen atoms in total. The number of fused-ring (bicyclic) bond motifs is 4. The smallest absolute Gasteiger partial charge is 0.280 e. The Kier molecular flexibility index (Phi) is 2.81. The number of rotatable bonds is 3. The second-order valence-electron chi connectivity index (χ2n) is 7.37. The van der Waals surface area contributed by atoms with E-state index in [1.165, 1.54) is 22.0 Å². The number of benzene rings is 1. The van der Waals surface area contributed by atoms with Gasteiger partial charge in [0.1, 0.15) is 12.9 Å². The van der Waals surface area contributed by atoms with Crippen molar-refractivity contribution in [3.05, 3.63) is 70.1 Å². The Morgan fingerprint density at radius 3 is 2.96 bits per heavy atom. The fourth-order valence-electron chi connectivity index (χ4n) is 4.50. The molecule has 134 valence electrons. The van der Waals surface area contributed by atoms with Crippen molar-refractivity contribution in [1.29, 1.82) is 0 Å². The lowest BCUT2D eigenvalue weighted by atomic mass is 10.0. The topological polar surface area (TPSA) is 91.6 Å². The minimum atomic E-state index is -0.169. The van der Waals surface area contributed by atoms with Gasteiger partial charge in [0.25, 0.3) is 5.56 Å². The first-order valence-electron chi connectivity index (χ1n) is 8.97. The zero-order chi connectivity index (χ0) is 18.1. The fourth-order valence-corrected chi connectivity index (χ4v) is 4.50. The monoisotopic (exact) mass is 360 g/mol. The van der Waals surface area contributed by atoms with Crippen LogP contribution < -0.4 is 5.56 Å². The molecule has 6 rings (SSSR count). The van der Waals surface area contributed by atoms with Crippen LogP contribution in [0.4, 0.5) is 0 Å². The summed E-state index contributed by atoms with van der Waals surface area (Å²) in [6, 6.07) is 8.59. The van der Waals surface area contributed by atoms with E-state index in [0.29, 0.717) is 34.8 Å². The van der Waals surface area contributed by atoms with Gasteiger partial charge in [0.15, 0.2) is 17.0 Å². The average molecular weight is 360 g/mol. The lowest BCUT2D eigenvalue weighted by Crippen LogP contribution is -2.22. The van der Waals surface area contributed by atoms with Crippen LogP contribution in [0.3, 0.4) is 0 Å². The van der Waals surface area contributed by atoms with Gasteiger partial charge in [-0.3, -0.25) is 9.36 Å². The highest BCUT2D eigenvalue weighted by Gasteiger charge is 2.58. The largest absolute Gasteiger partial charge is 0.337 e. The molecule has 1 fully saturated rings. The molecular weight excluding hydrogens is 344 g/mol. The minimum absolute atomic E-state index is 0.169. The van der Waals surface area contributed by atoms with Crippen LogP contribution in [-0.4, -0.2) is 29.2 Å². The van der Waals surface area contributed by atoms with Crippen LogP contribution in [-0.2, 0) is 20.0 Å². The van der Waals surface area contributed by atoms with E-state index in [0.717, 1.165) is 12.2 Å². The second-order valence-corrected chi connectivity index (χ2v) is 7.37. The number of imidazole rings is 1. The van der Waals surface area contributed by atoms with Crippen LogP contribution in [0, 0.1) is 5.92 Å². The Morgan fingerprint density at radius 1 is 1.19 bits per heavy atom. The second kappa shape index (κ2) is 5.12. The lowest BCUT2D eigenvalue weighted by molar-refractivity contribution is 0.364. The normalized spacial score (nSPS) is 22.8. The Hall–Kier alpha value is -3.29. The van der Waals surface area contributed by atoms with Gasteiger partial charge in [-0.25, -0.2) is 9.97 Å². The van der Waals surface area contributed by atoms with Crippen molar-refractivity contribution in [2.45, 2.75) is 24.8 Å². The molecule has 3 aromatic heterocycles. The van der Waals surface area contributed by atoms with E-state index < -0.39 is 0 Å². The van der Waals surface area contributed by atoms with Gasteiger partial charge < -0.3 is 9.09 Å². The van der Waals surface area contributed by atoms with E-state index in [9.17, 15) is 4.79 Å². The maximum atomic E-state index is 12.6. The van der Waals surface area contributed by atoms with Crippen molar-refractivity contribution >= 4 is 11.2 Å². The number of nitrogens with zero attached hydrogens (tertiary/aromatic N) is 6. The van der Waals surface area contributed by atoms with Gasteiger partial charge in [0.05, 0.1) is 6.33 Å². The Morgan fingerprint density at radius 2 is 2.04 bits per heavy atom. The molecule has 0 spiro atoms. The third kappa shape index (κ3) is 2.06. The predicted molar refractivity (Wildman–Crippen MR) is 95.3 cm³/mol. The standard InChI is InChI=1S/C19H16N6O2/c1-24-8-20-18-16(24)19(26)25(9-21-18)7-13-22-17(23-27-13)15-12-6-10-4-2-3-5-11(10)14(12)15/h2-5,8-9,12,14-15H,6-7H2,1H3/t12-,14+,15+/m1/s1. The van der Waals surface area contributed by atoms with Crippen LogP contribution >= 0.6 is 0 Å². The van der Waals surface area contributed by atoms with E-state index in [1.54, 1.807) is 17.9 Å². The minimum Gasteiger partial charge on any atom is -0.337 e. The van der Waals surface area contributed by atoms with Crippen LogP contribution in [0.15, 0.2) is 46.2 Å². The summed E-state index contributed by atoms with van der Waals surface area (Å²) in [6.45, 7) is 0.207. The van der Waals surface area contributed by atoms with Crippen LogP contribution in [0.1, 0.15) is 34.7 Å². The summed E-state index contributed by atoms with van der Waals surface area (Å²) in [7, 11) is 1.78. The molecule has 0 amide bonds. The summed E-state index contributed by atoms with van der Waals surface area (Å²) in [4.78, 5) is 25.5. The Labute approximate surface area is 153 Å². The molecular formula is C19H16N6O2. The molecule has 1 aromatic carbocycles. The van der Waals surface area contributed by atoms with E-state index in [2.05, 4.69) is 44.4 Å². The third-order valence-electron chi connectivity index (χ3n) is 5.83. The number of aromatic nitrogens is 6. The molecule has 0 radical (unpaired) electrons. The van der Waals surface area contributed by atoms with Gasteiger partial charge in [-0.15, -0.1) is 0 Å². The van der Waals surface area contributed by atoms with Crippen molar-refractivity contribution < 1.29 is 4.52 Å². The van der Waals surface area contributed by atoms with E-state index in [4.69, 9.17) is 4.52 Å². The zero-order valence-electron chi connectivity index (χ0n) is 14.6. The number of hydrogen-bond acceptors (Lipinski definition) is 6. The van der Waals surface area contributed by atoms with Crippen LogP contribution in [0.25, 0.3) is 11.2 Å². The summed E-state index contributed by atoms with van der Waals surface area (Å²) in [6.07, 6.45) is 4.14. The molecule has 4 aromatic rings. The Balaban J connectivity index is 1.28. The summed E-state index contributed by atoms with van der Waals surface area (Å²) in [5.74, 6) is 2.57. The van der Waals surface area contributed by atoms with Crippen LogP contribution in [0.5, 0.6) is 0 Å². The van der Waals surface area contributed by atoms with Crippen molar-refractivity contribution in [3.63, 3.8) is 0 Å².